The Bertz CT molecular complexity index is 981. The number of carbonyl (C=O) groups excluding carboxylic acids is 1. The number of sulfonamides is 1. The van der Waals surface area contributed by atoms with Crippen LogP contribution in [0.2, 0.25) is 0 Å². The molecule has 33 heavy (non-hydrogen) atoms. The van der Waals surface area contributed by atoms with Crippen molar-refractivity contribution < 1.29 is 21.6 Å². The Morgan fingerprint density at radius 1 is 1.09 bits per heavy atom. The Labute approximate surface area is 198 Å². The standard InChI is InChI=1S/C22H38N4O5S2/c1-4-24(19(2)17-20-7-9-21(10-8-20)32(3,28)29)12-5-6-13-25-14-15-26(18-22(25)27)33(30,31)16-11-23/h7-10,19H,4-6,11-18,23H2,1-3H3. The second kappa shape index (κ2) is 12.3. The maximum Gasteiger partial charge on any atom is 0.237 e. The summed E-state index contributed by atoms with van der Waals surface area (Å²) < 4.78 is 48.7. The minimum absolute atomic E-state index is 0.0506. The van der Waals surface area contributed by atoms with Gasteiger partial charge in [-0.25, -0.2) is 16.8 Å². The molecule has 0 aliphatic carbocycles. The summed E-state index contributed by atoms with van der Waals surface area (Å²) in [6, 6.07) is 7.37. The van der Waals surface area contributed by atoms with Crippen molar-refractivity contribution in [3.8, 4) is 0 Å². The summed E-state index contributed by atoms with van der Waals surface area (Å²) in [6.45, 7) is 7.41. The first-order valence-electron chi connectivity index (χ1n) is 11.5. The van der Waals surface area contributed by atoms with Gasteiger partial charge < -0.3 is 15.5 Å². The van der Waals surface area contributed by atoms with Gasteiger partial charge in [0.05, 0.1) is 17.2 Å². The lowest BCUT2D eigenvalue weighted by Crippen LogP contribution is -2.53. The number of piperazine rings is 1. The van der Waals surface area contributed by atoms with E-state index < -0.39 is 19.9 Å². The molecule has 1 aliphatic rings. The Hall–Kier alpha value is -1.53. The van der Waals surface area contributed by atoms with Crippen LogP contribution in [0.4, 0.5) is 0 Å². The van der Waals surface area contributed by atoms with E-state index in [0.29, 0.717) is 30.6 Å². The van der Waals surface area contributed by atoms with Crippen LogP contribution in [-0.4, -0.2) is 101 Å². The van der Waals surface area contributed by atoms with Crippen molar-refractivity contribution in [2.75, 3.05) is 57.8 Å². The fraction of sp³-hybridized carbons (Fsp3) is 0.682. The third-order valence-corrected chi connectivity index (χ3v) is 9.07. The van der Waals surface area contributed by atoms with E-state index in [9.17, 15) is 21.6 Å². The lowest BCUT2D eigenvalue weighted by molar-refractivity contribution is -0.134. The zero-order chi connectivity index (χ0) is 24.6. The molecule has 0 saturated carbocycles. The molecule has 2 rings (SSSR count). The Balaban J connectivity index is 1.77. The number of benzene rings is 1. The van der Waals surface area contributed by atoms with Gasteiger partial charge in [-0.05, 0) is 57.0 Å². The third kappa shape index (κ3) is 8.32. The van der Waals surface area contributed by atoms with Crippen molar-refractivity contribution >= 4 is 25.8 Å². The average Bonchev–Trinajstić information content (AvgIpc) is 2.74. The fourth-order valence-electron chi connectivity index (χ4n) is 4.09. The van der Waals surface area contributed by atoms with Crippen LogP contribution in [0, 0.1) is 0 Å². The minimum Gasteiger partial charge on any atom is -0.340 e. The molecule has 9 nitrogen and oxygen atoms in total. The van der Waals surface area contributed by atoms with Crippen molar-refractivity contribution in [3.05, 3.63) is 29.8 Å². The van der Waals surface area contributed by atoms with Gasteiger partial charge in [0.25, 0.3) is 0 Å². The second-order valence-electron chi connectivity index (χ2n) is 8.62. The summed E-state index contributed by atoms with van der Waals surface area (Å²) in [7, 11) is -6.64. The van der Waals surface area contributed by atoms with E-state index >= 15 is 0 Å². The zero-order valence-electron chi connectivity index (χ0n) is 19.9. The summed E-state index contributed by atoms with van der Waals surface area (Å²) in [6.07, 6.45) is 3.83. The number of rotatable bonds is 13. The number of unbranched alkanes of at least 4 members (excludes halogenated alkanes) is 1. The summed E-state index contributed by atoms with van der Waals surface area (Å²) in [5, 5.41) is 0. The molecule has 11 heteroatoms. The molecule has 0 aromatic heterocycles. The highest BCUT2D eigenvalue weighted by Gasteiger charge is 2.30. The fourth-order valence-corrected chi connectivity index (χ4v) is 5.94. The van der Waals surface area contributed by atoms with Gasteiger partial charge in [-0.15, -0.1) is 0 Å². The predicted molar refractivity (Wildman–Crippen MR) is 130 cm³/mol. The van der Waals surface area contributed by atoms with Gasteiger partial charge in [-0.1, -0.05) is 19.1 Å². The zero-order valence-corrected chi connectivity index (χ0v) is 21.6. The highest BCUT2D eigenvalue weighted by molar-refractivity contribution is 7.90. The maximum absolute atomic E-state index is 12.4. The van der Waals surface area contributed by atoms with Gasteiger partial charge in [0.1, 0.15) is 0 Å². The number of hydrogen-bond donors (Lipinski definition) is 1. The molecule has 0 bridgehead atoms. The van der Waals surface area contributed by atoms with E-state index in [1.807, 2.05) is 12.1 Å². The molecule has 1 heterocycles. The largest absolute Gasteiger partial charge is 0.340 e. The number of nitrogens with zero attached hydrogens (tertiary/aromatic N) is 3. The highest BCUT2D eigenvalue weighted by atomic mass is 32.2. The van der Waals surface area contributed by atoms with E-state index in [-0.39, 0.29) is 24.7 Å². The Morgan fingerprint density at radius 3 is 2.30 bits per heavy atom. The first-order chi connectivity index (χ1) is 15.5. The van der Waals surface area contributed by atoms with E-state index in [1.54, 1.807) is 17.0 Å². The highest BCUT2D eigenvalue weighted by Crippen LogP contribution is 2.15. The molecule has 1 aromatic carbocycles. The molecule has 0 radical (unpaired) electrons. The van der Waals surface area contributed by atoms with Gasteiger partial charge in [0, 0.05) is 38.5 Å². The molecule has 2 N–H and O–H groups in total. The van der Waals surface area contributed by atoms with Gasteiger partial charge in [-0.3, -0.25) is 4.79 Å². The summed E-state index contributed by atoms with van der Waals surface area (Å²) in [5.74, 6) is -0.284. The summed E-state index contributed by atoms with van der Waals surface area (Å²) in [5.41, 5.74) is 6.46. The van der Waals surface area contributed by atoms with Crippen molar-refractivity contribution in [3.63, 3.8) is 0 Å². The molecule has 1 atom stereocenters. The van der Waals surface area contributed by atoms with Crippen LogP contribution in [0.15, 0.2) is 29.2 Å². The van der Waals surface area contributed by atoms with Crippen LogP contribution >= 0.6 is 0 Å². The number of likely N-dealkylation sites (N-methyl/N-ethyl adjacent to an activating group) is 1. The molecular weight excluding hydrogens is 464 g/mol. The number of nitrogens with two attached hydrogens (primary N) is 1. The van der Waals surface area contributed by atoms with Crippen LogP contribution in [0.1, 0.15) is 32.3 Å². The maximum atomic E-state index is 12.4. The van der Waals surface area contributed by atoms with E-state index in [2.05, 4.69) is 18.7 Å². The number of amides is 1. The van der Waals surface area contributed by atoms with Crippen molar-refractivity contribution in [2.45, 2.75) is 44.0 Å². The molecule has 1 saturated heterocycles. The van der Waals surface area contributed by atoms with Gasteiger partial charge in [-0.2, -0.15) is 4.31 Å². The van der Waals surface area contributed by atoms with Gasteiger partial charge >= 0.3 is 0 Å². The Morgan fingerprint density at radius 2 is 1.76 bits per heavy atom. The quantitative estimate of drug-likeness (QED) is 0.391. The summed E-state index contributed by atoms with van der Waals surface area (Å²) in [4.78, 5) is 16.8. The first kappa shape index (κ1) is 27.7. The number of hydrogen-bond acceptors (Lipinski definition) is 7. The summed E-state index contributed by atoms with van der Waals surface area (Å²) >= 11 is 0. The minimum atomic E-state index is -3.45. The monoisotopic (exact) mass is 502 g/mol. The average molecular weight is 503 g/mol. The van der Waals surface area contributed by atoms with Crippen molar-refractivity contribution in [1.82, 2.24) is 14.1 Å². The number of sulfone groups is 1. The van der Waals surface area contributed by atoms with Crippen LogP contribution < -0.4 is 5.73 Å². The molecule has 1 amide bonds. The first-order valence-corrected chi connectivity index (χ1v) is 15.0. The van der Waals surface area contributed by atoms with Crippen LogP contribution in [0.3, 0.4) is 0 Å². The SMILES string of the molecule is CCN(CCCCN1CCN(S(=O)(=O)CCN)CC1=O)C(C)Cc1ccc(S(C)(=O)=O)cc1. The van der Waals surface area contributed by atoms with Gasteiger partial charge in [0.2, 0.25) is 15.9 Å². The number of carbonyl (C=O) groups is 1. The lowest BCUT2D eigenvalue weighted by Gasteiger charge is -2.34. The van der Waals surface area contributed by atoms with Crippen molar-refractivity contribution in [2.24, 2.45) is 5.73 Å². The topological polar surface area (TPSA) is 121 Å². The van der Waals surface area contributed by atoms with Gasteiger partial charge in [0.15, 0.2) is 9.84 Å². The molecule has 1 aliphatic heterocycles. The molecule has 0 spiro atoms. The van der Waals surface area contributed by atoms with Crippen LogP contribution in [0.5, 0.6) is 0 Å². The lowest BCUT2D eigenvalue weighted by atomic mass is 10.1. The normalized spacial score (nSPS) is 17.0. The molecule has 1 fully saturated rings. The van der Waals surface area contributed by atoms with Crippen LogP contribution in [0.25, 0.3) is 0 Å². The smallest absolute Gasteiger partial charge is 0.237 e. The van der Waals surface area contributed by atoms with E-state index in [0.717, 1.165) is 37.9 Å². The third-order valence-electron chi connectivity index (χ3n) is 6.09. The van der Waals surface area contributed by atoms with E-state index in [4.69, 9.17) is 5.73 Å². The van der Waals surface area contributed by atoms with E-state index in [1.165, 1.54) is 10.6 Å². The molecule has 1 unspecified atom stereocenters. The van der Waals surface area contributed by atoms with Crippen LogP contribution in [-0.2, 0) is 31.1 Å². The van der Waals surface area contributed by atoms with Crippen molar-refractivity contribution in [1.29, 1.82) is 0 Å². The second-order valence-corrected chi connectivity index (χ2v) is 12.7. The predicted octanol–water partition coefficient (Wildman–Crippen LogP) is 0.556. The molecule has 188 valence electrons. The molecular formula is C22H38N4O5S2. The molecule has 1 aromatic rings. The Kier molecular flexibility index (Phi) is 10.3.